The van der Waals surface area contributed by atoms with Crippen LogP contribution >= 0.6 is 0 Å². The van der Waals surface area contributed by atoms with Crippen molar-refractivity contribution in [2.75, 3.05) is 0 Å². The van der Waals surface area contributed by atoms with Crippen molar-refractivity contribution in [2.24, 2.45) is 5.92 Å². The third-order valence-corrected chi connectivity index (χ3v) is 7.84. The van der Waals surface area contributed by atoms with E-state index in [9.17, 15) is 4.39 Å². The zero-order valence-corrected chi connectivity index (χ0v) is 20.6. The molecule has 1 saturated carbocycles. The van der Waals surface area contributed by atoms with Gasteiger partial charge >= 0.3 is 0 Å². The van der Waals surface area contributed by atoms with Crippen LogP contribution in [-0.4, -0.2) is 0 Å². The maximum absolute atomic E-state index is 15.2. The Morgan fingerprint density at radius 3 is 2.17 bits per heavy atom. The first kappa shape index (κ1) is 24.0. The van der Waals surface area contributed by atoms with E-state index >= 15 is 8.78 Å². The molecule has 3 aromatic carbocycles. The lowest BCUT2D eigenvalue weighted by Crippen LogP contribution is -2.13. The van der Waals surface area contributed by atoms with Crippen molar-refractivity contribution in [1.82, 2.24) is 0 Å². The quantitative estimate of drug-likeness (QED) is 0.268. The summed E-state index contributed by atoms with van der Waals surface area (Å²) in [5.41, 5.74) is 3.86. The van der Waals surface area contributed by atoms with E-state index in [0.717, 1.165) is 12.3 Å². The molecule has 0 aromatic heterocycles. The first-order valence-electron chi connectivity index (χ1n) is 13.1. The van der Waals surface area contributed by atoms with E-state index in [0.29, 0.717) is 41.0 Å². The molecule has 35 heavy (non-hydrogen) atoms. The predicted molar refractivity (Wildman–Crippen MR) is 135 cm³/mol. The number of benzene rings is 3. The molecule has 0 unspecified atom stereocenters. The van der Waals surface area contributed by atoms with Crippen LogP contribution in [0.25, 0.3) is 11.1 Å². The molecule has 1 aliphatic heterocycles. The molecule has 184 valence electrons. The lowest BCUT2D eigenvalue weighted by Gasteiger charge is -2.28. The molecule has 1 aliphatic carbocycles. The van der Waals surface area contributed by atoms with Crippen LogP contribution in [0.4, 0.5) is 13.2 Å². The second-order valence-electron chi connectivity index (χ2n) is 10.2. The normalized spacial score (nSPS) is 19.1. The summed E-state index contributed by atoms with van der Waals surface area (Å²) < 4.78 is 50.9. The minimum Gasteiger partial charge on any atom is -0.450 e. The molecule has 1 nitrogen and oxygen atoms in total. The van der Waals surface area contributed by atoms with Gasteiger partial charge in [0.2, 0.25) is 5.82 Å². The fraction of sp³-hybridized carbons (Fsp3) is 0.419. The zero-order chi connectivity index (χ0) is 24.5. The van der Waals surface area contributed by atoms with Crippen LogP contribution in [0.15, 0.2) is 42.5 Å². The van der Waals surface area contributed by atoms with Gasteiger partial charge in [0.05, 0.1) is 0 Å². The van der Waals surface area contributed by atoms with Gasteiger partial charge in [0.25, 0.3) is 0 Å². The summed E-state index contributed by atoms with van der Waals surface area (Å²) in [5, 5.41) is 0. The summed E-state index contributed by atoms with van der Waals surface area (Å²) in [7, 11) is 0. The van der Waals surface area contributed by atoms with E-state index in [4.69, 9.17) is 4.74 Å². The average molecular weight is 479 g/mol. The highest BCUT2D eigenvalue weighted by atomic mass is 19.2. The minimum atomic E-state index is -1.05. The van der Waals surface area contributed by atoms with Crippen LogP contribution in [-0.2, 0) is 12.8 Å². The minimum absolute atomic E-state index is 0.0208. The molecule has 4 heteroatoms. The van der Waals surface area contributed by atoms with Crippen molar-refractivity contribution in [3.05, 3.63) is 82.2 Å². The molecule has 0 amide bonds. The summed E-state index contributed by atoms with van der Waals surface area (Å²) in [5.74, 6) is -1.27. The van der Waals surface area contributed by atoms with Gasteiger partial charge in [-0.1, -0.05) is 69.5 Å². The van der Waals surface area contributed by atoms with Gasteiger partial charge in [-0.3, -0.25) is 0 Å². The van der Waals surface area contributed by atoms with Crippen molar-refractivity contribution in [1.29, 1.82) is 0 Å². The van der Waals surface area contributed by atoms with Crippen LogP contribution in [0.2, 0.25) is 0 Å². The third kappa shape index (κ3) is 4.60. The van der Waals surface area contributed by atoms with Gasteiger partial charge in [-0.25, -0.2) is 8.78 Å². The highest BCUT2D eigenvalue weighted by Gasteiger charge is 2.29. The van der Waals surface area contributed by atoms with Crippen molar-refractivity contribution < 1.29 is 17.9 Å². The van der Waals surface area contributed by atoms with E-state index in [1.807, 2.05) is 25.1 Å². The van der Waals surface area contributed by atoms with Crippen LogP contribution in [0.3, 0.4) is 0 Å². The molecule has 0 N–H and O–H groups in total. The van der Waals surface area contributed by atoms with Crippen LogP contribution in [0, 0.1) is 23.4 Å². The second-order valence-corrected chi connectivity index (χ2v) is 10.2. The van der Waals surface area contributed by atoms with Gasteiger partial charge in [-0.2, -0.15) is 4.39 Å². The number of halogens is 3. The monoisotopic (exact) mass is 478 g/mol. The summed E-state index contributed by atoms with van der Waals surface area (Å²) in [6.45, 7) is 4.22. The highest BCUT2D eigenvalue weighted by Crippen LogP contribution is 2.44. The van der Waals surface area contributed by atoms with Crippen molar-refractivity contribution in [3.8, 4) is 22.6 Å². The van der Waals surface area contributed by atoms with Gasteiger partial charge in [0.15, 0.2) is 23.1 Å². The Balaban J connectivity index is 1.40. The lowest BCUT2D eigenvalue weighted by molar-refractivity contribution is 0.308. The summed E-state index contributed by atoms with van der Waals surface area (Å²) >= 11 is 0. The molecule has 0 spiro atoms. The van der Waals surface area contributed by atoms with E-state index in [1.165, 1.54) is 44.1 Å². The van der Waals surface area contributed by atoms with Gasteiger partial charge < -0.3 is 4.74 Å². The molecule has 5 rings (SSSR count). The number of rotatable bonds is 6. The number of ether oxygens (including phenoxy) is 1. The Labute approximate surface area is 206 Å². The molecule has 1 heterocycles. The third-order valence-electron chi connectivity index (χ3n) is 7.84. The van der Waals surface area contributed by atoms with E-state index in [-0.39, 0.29) is 17.1 Å². The van der Waals surface area contributed by atoms with E-state index in [2.05, 4.69) is 19.1 Å². The first-order chi connectivity index (χ1) is 17.0. The summed E-state index contributed by atoms with van der Waals surface area (Å²) in [6.07, 6.45) is 9.15. The van der Waals surface area contributed by atoms with Gasteiger partial charge in [0.1, 0.15) is 0 Å². The SMILES string of the molecule is CCCc1ccc2c(c1F)Oc1c(cc(-c3ccc(C4CCC(CCC)CC4)cc3)c(F)c1F)C2. The Kier molecular flexibility index (Phi) is 6.91. The van der Waals surface area contributed by atoms with Crippen molar-refractivity contribution in [2.45, 2.75) is 77.6 Å². The maximum atomic E-state index is 15.2. The molecule has 0 radical (unpaired) electrons. The first-order valence-corrected chi connectivity index (χ1v) is 13.1. The fourth-order valence-electron chi connectivity index (χ4n) is 5.90. The molecule has 1 fully saturated rings. The smallest absolute Gasteiger partial charge is 0.202 e. The molecule has 2 aliphatic rings. The van der Waals surface area contributed by atoms with Crippen LogP contribution in [0.1, 0.15) is 87.0 Å². The van der Waals surface area contributed by atoms with Gasteiger partial charge in [-0.05, 0) is 66.7 Å². The van der Waals surface area contributed by atoms with E-state index < -0.39 is 17.5 Å². The number of hydrogen-bond donors (Lipinski definition) is 0. The predicted octanol–water partition coefficient (Wildman–Crippen LogP) is 9.49. The fourth-order valence-corrected chi connectivity index (χ4v) is 5.90. The van der Waals surface area contributed by atoms with E-state index in [1.54, 1.807) is 12.1 Å². The number of aryl methyl sites for hydroxylation is 1. The molecule has 0 bridgehead atoms. The number of fused-ring (bicyclic) bond motifs is 2. The summed E-state index contributed by atoms with van der Waals surface area (Å²) in [4.78, 5) is 0. The molecule has 0 atom stereocenters. The second kappa shape index (κ2) is 10.1. The standard InChI is InChI=1S/C31H33F3O/c1-3-5-19-7-9-20(10-8-19)21-11-13-22(14-12-21)26-18-25-17-24-16-15-23(6-4-2)27(32)30(24)35-31(25)29(34)28(26)33/h11-16,18-20H,3-10,17H2,1-2H3. The topological polar surface area (TPSA) is 9.23 Å². The van der Waals surface area contributed by atoms with Crippen LogP contribution in [0.5, 0.6) is 11.5 Å². The van der Waals surface area contributed by atoms with Crippen molar-refractivity contribution in [3.63, 3.8) is 0 Å². The van der Waals surface area contributed by atoms with Crippen molar-refractivity contribution >= 4 is 0 Å². The molecular formula is C31H33F3O. The molecule has 3 aromatic rings. The van der Waals surface area contributed by atoms with Gasteiger partial charge in [-0.15, -0.1) is 0 Å². The largest absolute Gasteiger partial charge is 0.450 e. The Bertz CT molecular complexity index is 1210. The Morgan fingerprint density at radius 2 is 1.49 bits per heavy atom. The maximum Gasteiger partial charge on any atom is 0.202 e. The van der Waals surface area contributed by atoms with Gasteiger partial charge in [0, 0.05) is 23.1 Å². The zero-order valence-electron chi connectivity index (χ0n) is 20.6. The highest BCUT2D eigenvalue weighted by molar-refractivity contribution is 5.69. The average Bonchev–Trinajstić information content (AvgIpc) is 2.88. The lowest BCUT2D eigenvalue weighted by atomic mass is 9.77. The molecule has 0 saturated heterocycles. The summed E-state index contributed by atoms with van der Waals surface area (Å²) in [6, 6.07) is 13.2. The van der Waals surface area contributed by atoms with Crippen LogP contribution < -0.4 is 4.74 Å². The number of hydrogen-bond acceptors (Lipinski definition) is 1. The molecular weight excluding hydrogens is 445 g/mol. The Hall–Kier alpha value is -2.75. The Morgan fingerprint density at radius 1 is 0.771 bits per heavy atom.